The molecule has 0 aliphatic carbocycles. The molecule has 1 atom stereocenters. The van der Waals surface area contributed by atoms with Gasteiger partial charge in [-0.1, -0.05) is 58.9 Å². The van der Waals surface area contributed by atoms with Gasteiger partial charge in [-0.15, -0.1) is 0 Å². The fourth-order valence-corrected chi connectivity index (χ4v) is 0.354. The molecule has 0 N–H and O–H groups in total. The summed E-state index contributed by atoms with van der Waals surface area (Å²) in [5, 5.41) is 0. The molecule has 0 heterocycles. The maximum atomic E-state index is 5.11. The number of methoxy groups -OCH3 is 1. The molecular weight excluding hydrogens is 353 g/mol. The van der Waals surface area contributed by atoms with Crippen molar-refractivity contribution < 1.29 is 4.74 Å². The molecule has 5 heteroatoms. The van der Waals surface area contributed by atoms with E-state index < -0.39 is 0 Å². The molecule has 1 nitrogen and oxygen atoms in total. The first-order chi connectivity index (χ1) is 8.68. The average molecular weight is 393 g/mol. The topological polar surface area (TPSA) is 9.23 Å². The zero-order valence-corrected chi connectivity index (χ0v) is 21.6. The van der Waals surface area contributed by atoms with Gasteiger partial charge in [0, 0.05) is 26.4 Å². The van der Waals surface area contributed by atoms with Crippen LogP contribution in [0.3, 0.4) is 0 Å². The van der Waals surface area contributed by atoms with E-state index in [4.69, 9.17) is 4.74 Å². The molecule has 0 saturated heterocycles. The Kier molecular flexibility index (Phi) is 26.6. The number of ether oxygens (including phenoxy) is 1. The zero-order valence-electron chi connectivity index (χ0n) is 16.5. The molecule has 0 aliphatic heterocycles. The van der Waals surface area contributed by atoms with Crippen molar-refractivity contribution in [2.75, 3.05) is 7.11 Å². The molecule has 0 aromatic carbocycles. The molecule has 0 aliphatic rings. The third-order valence-corrected chi connectivity index (χ3v) is 3.33. The normalized spacial score (nSPS) is 11.8. The molecule has 0 saturated carbocycles. The van der Waals surface area contributed by atoms with Gasteiger partial charge in [0.2, 0.25) is 0 Å². The smallest absolute Gasteiger partial charge is 0.0379 e. The average Bonchev–Trinajstić information content (AvgIpc) is 2.12. The molecule has 0 fully saturated rings. The maximum Gasteiger partial charge on any atom is 0.0379 e. The Bertz CT molecular complexity index is 146. The summed E-state index contributed by atoms with van der Waals surface area (Å²) in [5.41, 5.74) is 0.286. The fourth-order valence-electron chi connectivity index (χ4n) is 0.354. The minimum atomic E-state index is 0.120. The van der Waals surface area contributed by atoms with E-state index in [-0.39, 0.29) is 31.8 Å². The van der Waals surface area contributed by atoms with Crippen LogP contribution in [-0.4, -0.2) is 55.0 Å². The first-order valence-electron chi connectivity index (χ1n) is 7.22. The Balaban J connectivity index is -0.0000000917. The Morgan fingerprint density at radius 2 is 0.850 bits per heavy atom. The molecule has 122 valence electrons. The van der Waals surface area contributed by atoms with Crippen LogP contribution in [0.1, 0.15) is 20.8 Å². The van der Waals surface area contributed by atoms with E-state index in [1.165, 1.54) is 0 Å². The molecule has 0 spiro atoms. The van der Waals surface area contributed by atoms with E-state index in [0.717, 1.165) is 0 Å². The second kappa shape index (κ2) is 18.2. The molecule has 6 radical (unpaired) electrons. The second-order valence-corrected chi connectivity index (χ2v) is 17.6. The minimum absolute atomic E-state index is 0.120. The van der Waals surface area contributed by atoms with Crippen LogP contribution in [0.25, 0.3) is 0 Å². The Morgan fingerprint density at radius 1 is 0.700 bits per heavy atom. The maximum absolute atomic E-state index is 5.11. The molecule has 0 rings (SSSR count). The molecule has 0 aromatic rings. The SMILES string of the molecule is CO[CH]([Ge])C(C)(C)C.C[Si](C)C.C[Si](C)C.C[Si](C)C. The predicted octanol–water partition coefficient (Wildman–Crippen LogP) is 5.29. The van der Waals surface area contributed by atoms with E-state index in [9.17, 15) is 0 Å². The van der Waals surface area contributed by atoms with Crippen molar-refractivity contribution in [1.29, 1.82) is 0 Å². The first kappa shape index (κ1) is 29.2. The van der Waals surface area contributed by atoms with Gasteiger partial charge in [-0.25, -0.2) is 0 Å². The van der Waals surface area contributed by atoms with E-state index in [1.807, 2.05) is 0 Å². The van der Waals surface area contributed by atoms with E-state index >= 15 is 0 Å². The molecule has 0 bridgehead atoms. The van der Waals surface area contributed by atoms with Crippen molar-refractivity contribution in [2.24, 2.45) is 5.41 Å². The number of hydrogen-bond donors (Lipinski definition) is 0. The Hall–Kier alpha value is 1.15. The quantitative estimate of drug-likeness (QED) is 0.551. The summed E-state index contributed by atoms with van der Waals surface area (Å²) in [6, 6.07) is 0. The predicted molar refractivity (Wildman–Crippen MR) is 106 cm³/mol. The van der Waals surface area contributed by atoms with Crippen molar-refractivity contribution in [3.8, 4) is 0 Å². The summed E-state index contributed by atoms with van der Waals surface area (Å²) in [4.78, 5) is 0.350. The molecule has 1 unspecified atom stereocenters. The first-order valence-corrected chi connectivity index (χ1v) is 17.4. The van der Waals surface area contributed by atoms with Gasteiger partial charge in [-0.3, -0.25) is 0 Å². The van der Waals surface area contributed by atoms with Crippen molar-refractivity contribution in [2.45, 2.75) is 84.6 Å². The van der Waals surface area contributed by atoms with Crippen LogP contribution < -0.4 is 0 Å². The summed E-state index contributed by atoms with van der Waals surface area (Å²) in [5.74, 6) is 0. The van der Waals surface area contributed by atoms with Crippen molar-refractivity contribution in [3.05, 3.63) is 0 Å². The second-order valence-electron chi connectivity index (χ2n) is 7.48. The van der Waals surface area contributed by atoms with Gasteiger partial charge in [0.05, 0.1) is 0 Å². The van der Waals surface area contributed by atoms with Gasteiger partial charge in [0.15, 0.2) is 0 Å². The van der Waals surface area contributed by atoms with Gasteiger partial charge in [0.25, 0.3) is 0 Å². The number of hydrogen-bond acceptors (Lipinski definition) is 1. The summed E-state index contributed by atoms with van der Waals surface area (Å²) in [6.07, 6.45) is 0. The van der Waals surface area contributed by atoms with Gasteiger partial charge in [0.1, 0.15) is 0 Å². The molecular formula is C15H40GeOSi3. The van der Waals surface area contributed by atoms with Crippen LogP contribution in [0.2, 0.25) is 58.9 Å². The Morgan fingerprint density at radius 3 is 0.850 bits per heavy atom. The largest absolute Gasteiger partial charge is 0.0715 e. The van der Waals surface area contributed by atoms with Gasteiger partial charge in [-0.05, 0) is 0 Å². The third kappa shape index (κ3) is 75.3. The summed E-state index contributed by atoms with van der Waals surface area (Å²) in [7, 11) is 2.11. The summed E-state index contributed by atoms with van der Waals surface area (Å²) < 4.78 is 5.11. The van der Waals surface area contributed by atoms with E-state index in [2.05, 4.69) is 96.2 Å². The fraction of sp³-hybridized carbons (Fsp3) is 1.00. The number of rotatable bonds is 1. The van der Waals surface area contributed by atoms with E-state index in [0.29, 0.717) is 4.94 Å². The summed E-state index contributed by atoms with van der Waals surface area (Å²) >= 11 is 2.08. The Labute approximate surface area is 144 Å². The monoisotopic (exact) mass is 394 g/mol. The zero-order chi connectivity index (χ0) is 17.5. The summed E-state index contributed by atoms with van der Waals surface area (Å²) in [6.45, 7) is 26.9. The van der Waals surface area contributed by atoms with Gasteiger partial charge in [-0.2, -0.15) is 0 Å². The standard InChI is InChI=1S/C6H13GeO.3C3H9Si/c1-6(2,3)5(7)8-4;3*1-4(2)3/h5H,1-4H3;3*1-3H3. The van der Waals surface area contributed by atoms with Crippen LogP contribution in [0.15, 0.2) is 0 Å². The van der Waals surface area contributed by atoms with Crippen LogP contribution >= 0.6 is 0 Å². The van der Waals surface area contributed by atoms with Gasteiger partial charge < -0.3 is 0 Å². The van der Waals surface area contributed by atoms with Crippen LogP contribution in [0, 0.1) is 5.41 Å². The van der Waals surface area contributed by atoms with Crippen molar-refractivity contribution >= 4 is 42.9 Å². The molecule has 20 heavy (non-hydrogen) atoms. The van der Waals surface area contributed by atoms with Crippen LogP contribution in [0.4, 0.5) is 0 Å². The van der Waals surface area contributed by atoms with Crippen LogP contribution in [-0.2, 0) is 4.74 Å². The minimum Gasteiger partial charge on any atom is -0.0715 e. The molecule has 0 amide bonds. The molecule has 0 aromatic heterocycles. The van der Waals surface area contributed by atoms with E-state index in [1.54, 1.807) is 7.11 Å². The van der Waals surface area contributed by atoms with Crippen molar-refractivity contribution in [1.82, 2.24) is 0 Å². The van der Waals surface area contributed by atoms with Crippen LogP contribution in [0.5, 0.6) is 0 Å². The van der Waals surface area contributed by atoms with Gasteiger partial charge >= 0.3 is 59.5 Å². The van der Waals surface area contributed by atoms with Crippen molar-refractivity contribution in [3.63, 3.8) is 0 Å². The third-order valence-electron chi connectivity index (χ3n) is 1.02.